The molecule has 0 fully saturated rings. The summed E-state index contributed by atoms with van der Waals surface area (Å²) in [6, 6.07) is 2.47. The van der Waals surface area contributed by atoms with Gasteiger partial charge in [-0.1, -0.05) is 25.6 Å². The van der Waals surface area contributed by atoms with Crippen LogP contribution in [-0.2, 0) is 14.8 Å². The minimum absolute atomic E-state index is 0.113. The first kappa shape index (κ1) is 24.1. The first-order chi connectivity index (χ1) is 13.9. The fraction of sp³-hybridized carbons (Fsp3) is 0.556. The average Bonchev–Trinajstić information content (AvgIpc) is 3.03. The molecule has 0 aliphatic rings. The van der Waals surface area contributed by atoms with E-state index in [1.165, 1.54) is 21.0 Å². The summed E-state index contributed by atoms with van der Waals surface area (Å²) < 4.78 is 28.5. The lowest BCUT2D eigenvalue weighted by atomic mass is 10.1. The van der Waals surface area contributed by atoms with Crippen LogP contribution in [0.3, 0.4) is 0 Å². The average molecular weight is 457 g/mol. The molecule has 0 aliphatic carbocycles. The molecule has 0 aromatic carbocycles. The van der Waals surface area contributed by atoms with Crippen molar-refractivity contribution in [2.45, 2.75) is 62.4 Å². The highest BCUT2D eigenvalue weighted by Gasteiger charge is 2.25. The Hall–Kier alpha value is -2.18. The number of imide groups is 1. The Kier molecular flexibility index (Phi) is 7.48. The Morgan fingerprint density at radius 3 is 2.40 bits per heavy atom. The van der Waals surface area contributed by atoms with Crippen LogP contribution in [-0.4, -0.2) is 63.1 Å². The van der Waals surface area contributed by atoms with Gasteiger partial charge in [0.05, 0.1) is 10.1 Å². The Bertz CT molecular complexity index is 1020. The summed E-state index contributed by atoms with van der Waals surface area (Å²) in [6.45, 7) is 11.3. The molecule has 0 spiro atoms. The van der Waals surface area contributed by atoms with Crippen LogP contribution < -0.4 is 10.6 Å². The molecule has 2 heterocycles. The Morgan fingerprint density at radius 1 is 1.20 bits per heavy atom. The van der Waals surface area contributed by atoms with Gasteiger partial charge in [-0.25, -0.2) is 13.2 Å². The minimum Gasteiger partial charge on any atom is -0.333 e. The molecule has 2 N–H and O–H groups in total. The van der Waals surface area contributed by atoms with Gasteiger partial charge in [0.2, 0.25) is 15.9 Å². The van der Waals surface area contributed by atoms with Crippen molar-refractivity contribution in [1.29, 1.82) is 0 Å². The maximum absolute atomic E-state index is 12.8. The molecule has 0 saturated heterocycles. The van der Waals surface area contributed by atoms with Crippen molar-refractivity contribution in [3.05, 3.63) is 18.3 Å². The summed E-state index contributed by atoms with van der Waals surface area (Å²) in [7, 11) is -3.65. The molecule has 12 heteroatoms. The zero-order valence-electron chi connectivity index (χ0n) is 18.0. The number of rotatable bonds is 7. The van der Waals surface area contributed by atoms with Crippen molar-refractivity contribution >= 4 is 39.4 Å². The third-order valence-electron chi connectivity index (χ3n) is 4.06. The highest BCUT2D eigenvalue weighted by Crippen LogP contribution is 2.24. The van der Waals surface area contributed by atoms with Crippen molar-refractivity contribution in [1.82, 2.24) is 29.5 Å². The Morgan fingerprint density at radius 2 is 1.83 bits per heavy atom. The first-order valence-corrected chi connectivity index (χ1v) is 11.9. The standard InChI is InChI=1S/C18H28N6O4S2/c1-7-23(8-2)30(27,28)13-9-10-14-21-22-17(24(14)11-13)29-12(3)15(25)19-16(26)20-18(4,5)6/h9-12H,7-8H2,1-6H3,(H2,19,20,25,26)/t12-/m1/s1. The molecule has 3 amide bonds. The molecule has 2 aromatic heterocycles. The second kappa shape index (κ2) is 9.31. The van der Waals surface area contributed by atoms with E-state index in [9.17, 15) is 18.0 Å². The summed E-state index contributed by atoms with van der Waals surface area (Å²) in [6.07, 6.45) is 1.45. The molecule has 2 aromatic rings. The molecule has 2 rings (SSSR count). The highest BCUT2D eigenvalue weighted by atomic mass is 32.2. The summed E-state index contributed by atoms with van der Waals surface area (Å²) >= 11 is 1.08. The van der Waals surface area contributed by atoms with E-state index in [0.717, 1.165) is 11.8 Å². The van der Waals surface area contributed by atoms with Gasteiger partial charge < -0.3 is 5.32 Å². The quantitative estimate of drug-likeness (QED) is 0.609. The fourth-order valence-electron chi connectivity index (χ4n) is 2.59. The summed E-state index contributed by atoms with van der Waals surface area (Å²) in [5, 5.41) is 12.7. The maximum atomic E-state index is 12.8. The van der Waals surface area contributed by atoms with Gasteiger partial charge in [0, 0.05) is 24.8 Å². The van der Waals surface area contributed by atoms with E-state index in [4.69, 9.17) is 0 Å². The lowest BCUT2D eigenvalue weighted by molar-refractivity contribution is -0.119. The van der Waals surface area contributed by atoms with Crippen LogP contribution in [0.15, 0.2) is 28.4 Å². The number of amides is 3. The van der Waals surface area contributed by atoms with Crippen molar-refractivity contribution < 1.29 is 18.0 Å². The van der Waals surface area contributed by atoms with E-state index in [0.29, 0.717) is 23.9 Å². The van der Waals surface area contributed by atoms with Gasteiger partial charge in [-0.2, -0.15) is 4.31 Å². The maximum Gasteiger partial charge on any atom is 0.321 e. The molecule has 1 atom stereocenters. The molecule has 166 valence electrons. The van der Waals surface area contributed by atoms with Gasteiger partial charge in [0.1, 0.15) is 0 Å². The van der Waals surface area contributed by atoms with Gasteiger partial charge in [-0.3, -0.25) is 14.5 Å². The molecule has 0 radical (unpaired) electrons. The van der Waals surface area contributed by atoms with Crippen LogP contribution in [0.2, 0.25) is 0 Å². The third kappa shape index (κ3) is 5.70. The number of pyridine rings is 1. The Balaban J connectivity index is 2.22. The number of nitrogens with zero attached hydrogens (tertiary/aromatic N) is 4. The van der Waals surface area contributed by atoms with Crippen LogP contribution in [0, 0.1) is 0 Å². The molecule has 30 heavy (non-hydrogen) atoms. The number of fused-ring (bicyclic) bond motifs is 1. The molecule has 10 nitrogen and oxygen atoms in total. The Labute approximate surface area is 180 Å². The van der Waals surface area contributed by atoms with E-state index in [-0.39, 0.29) is 4.90 Å². The smallest absolute Gasteiger partial charge is 0.321 e. The van der Waals surface area contributed by atoms with Crippen LogP contribution in [0.1, 0.15) is 41.5 Å². The molecule has 0 bridgehead atoms. The fourth-order valence-corrected chi connectivity index (χ4v) is 4.88. The number of aromatic nitrogens is 3. The predicted molar refractivity (Wildman–Crippen MR) is 115 cm³/mol. The number of urea groups is 1. The number of carbonyl (C=O) groups excluding carboxylic acids is 2. The zero-order chi connectivity index (χ0) is 22.7. The van der Waals surface area contributed by atoms with E-state index in [1.807, 2.05) is 0 Å². The SMILES string of the molecule is CCN(CC)S(=O)(=O)c1ccc2nnc(S[C@H](C)C(=O)NC(=O)NC(C)(C)C)n2c1. The van der Waals surface area contributed by atoms with Crippen LogP contribution in [0.5, 0.6) is 0 Å². The second-order valence-corrected chi connectivity index (χ2v) is 10.9. The van der Waals surface area contributed by atoms with Gasteiger partial charge >= 0.3 is 6.03 Å². The van der Waals surface area contributed by atoms with Gasteiger partial charge in [0.15, 0.2) is 10.8 Å². The first-order valence-electron chi connectivity index (χ1n) is 9.53. The number of thioether (sulfide) groups is 1. The van der Waals surface area contributed by atoms with E-state index < -0.39 is 32.8 Å². The van der Waals surface area contributed by atoms with Crippen LogP contribution in [0.25, 0.3) is 5.65 Å². The third-order valence-corrected chi connectivity index (χ3v) is 7.15. The molecular weight excluding hydrogens is 428 g/mol. The van der Waals surface area contributed by atoms with Crippen molar-refractivity contribution in [3.8, 4) is 0 Å². The number of hydrogen-bond donors (Lipinski definition) is 2. The largest absolute Gasteiger partial charge is 0.333 e. The molecular formula is C18H28N6O4S2. The number of nitrogens with one attached hydrogen (secondary N) is 2. The van der Waals surface area contributed by atoms with Gasteiger partial charge in [-0.05, 0) is 39.8 Å². The number of sulfonamides is 1. The van der Waals surface area contributed by atoms with Crippen molar-refractivity contribution in [3.63, 3.8) is 0 Å². The van der Waals surface area contributed by atoms with E-state index in [1.54, 1.807) is 47.6 Å². The molecule has 0 saturated carbocycles. The topological polar surface area (TPSA) is 126 Å². The number of carbonyl (C=O) groups is 2. The predicted octanol–water partition coefficient (Wildman–Crippen LogP) is 1.86. The summed E-state index contributed by atoms with van der Waals surface area (Å²) in [4.78, 5) is 24.4. The van der Waals surface area contributed by atoms with Crippen molar-refractivity contribution in [2.24, 2.45) is 0 Å². The molecule has 0 aliphatic heterocycles. The summed E-state index contributed by atoms with van der Waals surface area (Å²) in [5.41, 5.74) is -0.0226. The van der Waals surface area contributed by atoms with E-state index >= 15 is 0 Å². The van der Waals surface area contributed by atoms with Crippen LogP contribution >= 0.6 is 11.8 Å². The van der Waals surface area contributed by atoms with Crippen molar-refractivity contribution in [2.75, 3.05) is 13.1 Å². The van der Waals surface area contributed by atoms with Gasteiger partial charge in [0.25, 0.3) is 0 Å². The lowest BCUT2D eigenvalue weighted by Crippen LogP contribution is -2.49. The molecule has 0 unspecified atom stereocenters. The van der Waals surface area contributed by atoms with Gasteiger partial charge in [-0.15, -0.1) is 10.2 Å². The normalized spacial score (nSPS) is 13.4. The number of hydrogen-bond acceptors (Lipinski definition) is 7. The second-order valence-electron chi connectivity index (χ2n) is 7.62. The highest BCUT2D eigenvalue weighted by molar-refractivity contribution is 8.00. The van der Waals surface area contributed by atoms with E-state index in [2.05, 4.69) is 20.8 Å². The lowest BCUT2D eigenvalue weighted by Gasteiger charge is -2.21. The summed E-state index contributed by atoms with van der Waals surface area (Å²) in [5.74, 6) is -0.495. The van der Waals surface area contributed by atoms with Crippen LogP contribution in [0.4, 0.5) is 4.79 Å². The monoisotopic (exact) mass is 456 g/mol. The minimum atomic E-state index is -3.65. The zero-order valence-corrected chi connectivity index (χ0v) is 19.6.